The van der Waals surface area contributed by atoms with Gasteiger partial charge in [-0.3, -0.25) is 0 Å². The molecule has 0 saturated heterocycles. The summed E-state index contributed by atoms with van der Waals surface area (Å²) < 4.78 is 0. The second-order valence-electron chi connectivity index (χ2n) is 5.52. The van der Waals surface area contributed by atoms with Crippen molar-refractivity contribution in [2.45, 2.75) is 64.5 Å². The van der Waals surface area contributed by atoms with Gasteiger partial charge >= 0.3 is 0 Å². The van der Waals surface area contributed by atoms with E-state index in [1.54, 1.807) is 0 Å². The van der Waals surface area contributed by atoms with Crippen LogP contribution in [0.4, 0.5) is 0 Å². The summed E-state index contributed by atoms with van der Waals surface area (Å²) in [6.07, 6.45) is 6.68. The van der Waals surface area contributed by atoms with Gasteiger partial charge in [0, 0.05) is 11.6 Å². The van der Waals surface area contributed by atoms with E-state index >= 15 is 0 Å². The monoisotopic (exact) mass is 212 g/mol. The van der Waals surface area contributed by atoms with Crippen molar-refractivity contribution in [1.82, 2.24) is 10.2 Å². The molecule has 0 amide bonds. The van der Waals surface area contributed by atoms with E-state index < -0.39 is 0 Å². The van der Waals surface area contributed by atoms with Crippen molar-refractivity contribution in [3.63, 3.8) is 0 Å². The summed E-state index contributed by atoms with van der Waals surface area (Å²) in [4.78, 5) is 2.49. The lowest BCUT2D eigenvalue weighted by molar-refractivity contribution is 0.148. The summed E-state index contributed by atoms with van der Waals surface area (Å²) in [5.74, 6) is 0. The average molecular weight is 212 g/mol. The van der Waals surface area contributed by atoms with Crippen LogP contribution in [0, 0.1) is 0 Å². The third kappa shape index (κ3) is 4.98. The van der Waals surface area contributed by atoms with Crippen LogP contribution in [0.2, 0.25) is 0 Å². The quantitative estimate of drug-likeness (QED) is 0.622. The minimum atomic E-state index is 0.365. The highest BCUT2D eigenvalue weighted by atomic mass is 15.2. The molecule has 1 aliphatic carbocycles. The Labute approximate surface area is 95.4 Å². The number of hydrogen-bond donors (Lipinski definition) is 1. The summed E-state index contributed by atoms with van der Waals surface area (Å²) in [7, 11) is 2.25. The van der Waals surface area contributed by atoms with Gasteiger partial charge in [-0.05, 0) is 66.1 Å². The summed E-state index contributed by atoms with van der Waals surface area (Å²) in [5, 5.41) is 3.56. The Kier molecular flexibility index (Phi) is 5.07. The zero-order chi connectivity index (χ0) is 11.3. The van der Waals surface area contributed by atoms with Crippen LogP contribution < -0.4 is 5.32 Å². The molecule has 0 aromatic carbocycles. The maximum atomic E-state index is 3.56. The van der Waals surface area contributed by atoms with E-state index in [4.69, 9.17) is 0 Å². The van der Waals surface area contributed by atoms with Gasteiger partial charge < -0.3 is 10.2 Å². The van der Waals surface area contributed by atoms with Crippen molar-refractivity contribution in [1.29, 1.82) is 0 Å². The van der Waals surface area contributed by atoms with Crippen LogP contribution in [0.1, 0.15) is 52.9 Å². The molecule has 2 nitrogen and oxygen atoms in total. The number of nitrogens with one attached hydrogen (secondary N) is 1. The van der Waals surface area contributed by atoms with E-state index in [2.05, 4.69) is 38.0 Å². The van der Waals surface area contributed by atoms with E-state index in [0.29, 0.717) is 5.54 Å². The molecular formula is C13H28N2. The Morgan fingerprint density at radius 3 is 2.47 bits per heavy atom. The average Bonchev–Trinajstić information content (AvgIpc) is 3.00. The summed E-state index contributed by atoms with van der Waals surface area (Å²) in [6.45, 7) is 9.37. The summed E-state index contributed by atoms with van der Waals surface area (Å²) in [6, 6.07) is 0.870. The van der Waals surface area contributed by atoms with Crippen molar-refractivity contribution in [2.24, 2.45) is 0 Å². The SMILES string of the molecule is CCC(C)(C)N(C)CCCCNC1CC1. The number of unbranched alkanes of at least 4 members (excludes halogenated alkanes) is 1. The summed E-state index contributed by atoms with van der Waals surface area (Å²) in [5.41, 5.74) is 0.365. The predicted molar refractivity (Wildman–Crippen MR) is 67.3 cm³/mol. The molecule has 15 heavy (non-hydrogen) atoms. The summed E-state index contributed by atoms with van der Waals surface area (Å²) >= 11 is 0. The Bertz CT molecular complexity index is 173. The maximum absolute atomic E-state index is 3.56. The predicted octanol–water partition coefficient (Wildman–Crippen LogP) is 2.64. The molecule has 0 aliphatic heterocycles. The highest BCUT2D eigenvalue weighted by molar-refractivity contribution is 4.81. The fourth-order valence-electron chi connectivity index (χ4n) is 1.64. The molecule has 1 rings (SSSR count). The Hall–Kier alpha value is -0.0800. The van der Waals surface area contributed by atoms with Crippen molar-refractivity contribution >= 4 is 0 Å². The van der Waals surface area contributed by atoms with Crippen molar-refractivity contribution in [2.75, 3.05) is 20.1 Å². The molecule has 0 radical (unpaired) electrons. The fourth-order valence-corrected chi connectivity index (χ4v) is 1.64. The van der Waals surface area contributed by atoms with Gasteiger partial charge in [-0.15, -0.1) is 0 Å². The Morgan fingerprint density at radius 1 is 1.27 bits per heavy atom. The standard InChI is InChI=1S/C13H28N2/c1-5-13(2,3)15(4)11-7-6-10-14-12-8-9-12/h12,14H,5-11H2,1-4H3. The first-order valence-electron chi connectivity index (χ1n) is 6.51. The second kappa shape index (κ2) is 5.86. The lowest BCUT2D eigenvalue weighted by Crippen LogP contribution is -2.41. The molecule has 1 N–H and O–H groups in total. The number of hydrogen-bond acceptors (Lipinski definition) is 2. The smallest absolute Gasteiger partial charge is 0.0147 e. The van der Waals surface area contributed by atoms with E-state index in [0.717, 1.165) is 6.04 Å². The minimum Gasteiger partial charge on any atom is -0.314 e. The Balaban J connectivity index is 1.97. The maximum Gasteiger partial charge on any atom is 0.0147 e. The molecule has 0 bridgehead atoms. The molecule has 0 heterocycles. The highest BCUT2D eigenvalue weighted by Crippen LogP contribution is 2.19. The zero-order valence-corrected chi connectivity index (χ0v) is 11.0. The molecule has 1 fully saturated rings. The van der Waals surface area contributed by atoms with E-state index in [1.807, 2.05) is 0 Å². The van der Waals surface area contributed by atoms with Gasteiger partial charge in [0.25, 0.3) is 0 Å². The number of nitrogens with zero attached hydrogens (tertiary/aromatic N) is 1. The van der Waals surface area contributed by atoms with Crippen LogP contribution in [0.25, 0.3) is 0 Å². The molecule has 2 heteroatoms. The third-order valence-electron chi connectivity index (χ3n) is 3.83. The van der Waals surface area contributed by atoms with Gasteiger partial charge in [0.2, 0.25) is 0 Å². The van der Waals surface area contributed by atoms with Gasteiger partial charge in [0.15, 0.2) is 0 Å². The fraction of sp³-hybridized carbons (Fsp3) is 1.00. The second-order valence-corrected chi connectivity index (χ2v) is 5.52. The lowest BCUT2D eigenvalue weighted by Gasteiger charge is -2.34. The van der Waals surface area contributed by atoms with E-state index in [9.17, 15) is 0 Å². The van der Waals surface area contributed by atoms with Crippen LogP contribution in [0.5, 0.6) is 0 Å². The lowest BCUT2D eigenvalue weighted by atomic mass is 10.00. The number of rotatable bonds is 8. The van der Waals surface area contributed by atoms with Crippen LogP contribution in [-0.4, -0.2) is 36.6 Å². The molecule has 0 aromatic heterocycles. The van der Waals surface area contributed by atoms with Crippen LogP contribution in [0.15, 0.2) is 0 Å². The minimum absolute atomic E-state index is 0.365. The normalized spacial score (nSPS) is 17.4. The molecule has 90 valence electrons. The topological polar surface area (TPSA) is 15.3 Å². The molecular weight excluding hydrogens is 184 g/mol. The third-order valence-corrected chi connectivity index (χ3v) is 3.83. The van der Waals surface area contributed by atoms with Gasteiger partial charge in [-0.25, -0.2) is 0 Å². The van der Waals surface area contributed by atoms with Crippen molar-refractivity contribution in [3.05, 3.63) is 0 Å². The van der Waals surface area contributed by atoms with Crippen molar-refractivity contribution < 1.29 is 0 Å². The molecule has 1 aliphatic rings. The Morgan fingerprint density at radius 2 is 1.93 bits per heavy atom. The van der Waals surface area contributed by atoms with Crippen LogP contribution in [-0.2, 0) is 0 Å². The van der Waals surface area contributed by atoms with E-state index in [1.165, 1.54) is 45.2 Å². The van der Waals surface area contributed by atoms with Gasteiger partial charge in [-0.2, -0.15) is 0 Å². The van der Waals surface area contributed by atoms with Crippen LogP contribution in [0.3, 0.4) is 0 Å². The molecule has 0 spiro atoms. The van der Waals surface area contributed by atoms with Gasteiger partial charge in [-0.1, -0.05) is 6.92 Å². The van der Waals surface area contributed by atoms with E-state index in [-0.39, 0.29) is 0 Å². The molecule has 0 unspecified atom stereocenters. The molecule has 1 saturated carbocycles. The van der Waals surface area contributed by atoms with Gasteiger partial charge in [0.05, 0.1) is 0 Å². The zero-order valence-electron chi connectivity index (χ0n) is 11.0. The van der Waals surface area contributed by atoms with Crippen molar-refractivity contribution in [3.8, 4) is 0 Å². The molecule has 0 aromatic rings. The molecule has 0 atom stereocenters. The first kappa shape index (κ1) is 13.0. The first-order valence-corrected chi connectivity index (χ1v) is 6.51. The largest absolute Gasteiger partial charge is 0.314 e. The highest BCUT2D eigenvalue weighted by Gasteiger charge is 2.21. The van der Waals surface area contributed by atoms with Gasteiger partial charge in [0.1, 0.15) is 0 Å². The van der Waals surface area contributed by atoms with Crippen LogP contribution >= 0.6 is 0 Å². The first-order chi connectivity index (χ1) is 7.06.